The number of morpholine rings is 1. The fourth-order valence-corrected chi connectivity index (χ4v) is 7.54. The quantitative estimate of drug-likeness (QED) is 0.347. The molecule has 2 aromatic heterocycles. The summed E-state index contributed by atoms with van der Waals surface area (Å²) in [6.07, 6.45) is 0. The summed E-state index contributed by atoms with van der Waals surface area (Å²) in [5, 5.41) is 6.46. The van der Waals surface area contributed by atoms with Gasteiger partial charge in [0.05, 0.1) is 33.8 Å². The van der Waals surface area contributed by atoms with Crippen LogP contribution in [0.25, 0.3) is 21.3 Å². The molecule has 1 aliphatic rings. The van der Waals surface area contributed by atoms with E-state index in [0.29, 0.717) is 57.4 Å². The third-order valence-corrected chi connectivity index (χ3v) is 9.92. The first-order chi connectivity index (χ1) is 16.3. The van der Waals surface area contributed by atoms with E-state index >= 15 is 0 Å². The van der Waals surface area contributed by atoms with Crippen molar-refractivity contribution in [1.82, 2.24) is 9.29 Å². The minimum absolute atomic E-state index is 0.222. The molecule has 176 valence electrons. The molecule has 34 heavy (non-hydrogen) atoms. The molecule has 7 nitrogen and oxygen atoms in total. The molecule has 5 rings (SSSR count). The molecular formula is C22H17Cl2N3O4S3. The van der Waals surface area contributed by atoms with Crippen molar-refractivity contribution < 1.29 is 17.9 Å². The van der Waals surface area contributed by atoms with Gasteiger partial charge < -0.3 is 4.74 Å². The highest BCUT2D eigenvalue weighted by atomic mass is 35.5. The molecule has 0 atom stereocenters. The normalized spacial score (nSPS) is 15.0. The molecular weight excluding hydrogens is 537 g/mol. The first kappa shape index (κ1) is 23.7. The van der Waals surface area contributed by atoms with E-state index in [2.05, 4.69) is 10.3 Å². The summed E-state index contributed by atoms with van der Waals surface area (Å²) in [4.78, 5) is 17.9. The van der Waals surface area contributed by atoms with E-state index in [1.165, 1.54) is 27.0 Å². The predicted octanol–water partition coefficient (Wildman–Crippen LogP) is 5.60. The molecule has 0 spiro atoms. The molecule has 0 aliphatic carbocycles. The van der Waals surface area contributed by atoms with Gasteiger partial charge in [0.2, 0.25) is 10.0 Å². The zero-order valence-corrected chi connectivity index (χ0v) is 21.4. The van der Waals surface area contributed by atoms with Crippen LogP contribution in [0.4, 0.5) is 5.13 Å². The van der Waals surface area contributed by atoms with Crippen molar-refractivity contribution in [2.24, 2.45) is 0 Å². The Kier molecular flexibility index (Phi) is 6.64. The van der Waals surface area contributed by atoms with Gasteiger partial charge in [-0.2, -0.15) is 4.31 Å². The summed E-state index contributed by atoms with van der Waals surface area (Å²) in [6, 6.07) is 12.0. The average Bonchev–Trinajstić information content (AvgIpc) is 3.45. The van der Waals surface area contributed by atoms with Gasteiger partial charge in [0, 0.05) is 34.1 Å². The van der Waals surface area contributed by atoms with Crippen molar-refractivity contribution in [3.8, 4) is 11.3 Å². The zero-order chi connectivity index (χ0) is 23.9. The number of halogens is 2. The molecule has 4 aromatic rings. The van der Waals surface area contributed by atoms with E-state index in [4.69, 9.17) is 27.9 Å². The SMILES string of the molecule is O=C(Nc1nc(-c2ccc(S(=O)(=O)N3CCOCC3)cc2)cs1)c1sc2cccc(Cl)c2c1Cl. The van der Waals surface area contributed by atoms with Crippen molar-refractivity contribution in [2.45, 2.75) is 4.90 Å². The van der Waals surface area contributed by atoms with Gasteiger partial charge in [-0.05, 0) is 24.3 Å². The van der Waals surface area contributed by atoms with Crippen LogP contribution in [0.1, 0.15) is 9.67 Å². The number of carbonyl (C=O) groups is 1. The van der Waals surface area contributed by atoms with Crippen LogP contribution in [-0.4, -0.2) is 49.9 Å². The van der Waals surface area contributed by atoms with E-state index in [1.807, 2.05) is 12.1 Å². The molecule has 0 unspecified atom stereocenters. The monoisotopic (exact) mass is 553 g/mol. The second-order valence-corrected chi connectivity index (χ2v) is 12.0. The third-order valence-electron chi connectivity index (χ3n) is 5.30. The van der Waals surface area contributed by atoms with E-state index in [-0.39, 0.29) is 10.8 Å². The average molecular weight is 555 g/mol. The first-order valence-corrected chi connectivity index (χ1v) is 14.1. The van der Waals surface area contributed by atoms with Gasteiger partial charge in [0.1, 0.15) is 4.88 Å². The second kappa shape index (κ2) is 9.54. The van der Waals surface area contributed by atoms with Crippen molar-refractivity contribution in [2.75, 3.05) is 31.6 Å². The number of hydrogen-bond acceptors (Lipinski definition) is 7. The molecule has 1 amide bonds. The standard InChI is InChI=1S/C22H17Cl2N3O4S3/c23-15-2-1-3-17-18(15)19(24)20(33-17)21(28)26-22-25-16(12-32-22)13-4-6-14(7-5-13)34(29,30)27-8-10-31-11-9-27/h1-7,12H,8-11H2,(H,25,26,28). The number of ether oxygens (including phenoxy) is 1. The summed E-state index contributed by atoms with van der Waals surface area (Å²) < 4.78 is 33.1. The lowest BCUT2D eigenvalue weighted by Gasteiger charge is -2.26. The topological polar surface area (TPSA) is 88.6 Å². The van der Waals surface area contributed by atoms with Gasteiger partial charge in [-0.15, -0.1) is 22.7 Å². The number of thiophene rings is 1. The van der Waals surface area contributed by atoms with Gasteiger partial charge in [-0.1, -0.05) is 41.4 Å². The molecule has 0 saturated carbocycles. The van der Waals surface area contributed by atoms with E-state index in [9.17, 15) is 13.2 Å². The molecule has 12 heteroatoms. The highest BCUT2D eigenvalue weighted by Gasteiger charge is 2.26. The Labute approximate surface area is 213 Å². The maximum atomic E-state index is 12.8. The van der Waals surface area contributed by atoms with Crippen LogP contribution < -0.4 is 5.32 Å². The lowest BCUT2D eigenvalue weighted by Crippen LogP contribution is -2.40. The van der Waals surface area contributed by atoms with E-state index in [0.717, 1.165) is 10.3 Å². The van der Waals surface area contributed by atoms with Crippen molar-refractivity contribution in [3.05, 3.63) is 62.8 Å². The summed E-state index contributed by atoms with van der Waals surface area (Å²) >= 11 is 15.2. The molecule has 1 aliphatic heterocycles. The Morgan fingerprint density at radius 3 is 2.53 bits per heavy atom. The van der Waals surface area contributed by atoms with Crippen LogP contribution in [0.3, 0.4) is 0 Å². The number of anilines is 1. The number of fused-ring (bicyclic) bond motifs is 1. The largest absolute Gasteiger partial charge is 0.379 e. The van der Waals surface area contributed by atoms with Crippen LogP contribution in [-0.2, 0) is 14.8 Å². The van der Waals surface area contributed by atoms with Gasteiger partial charge in [-0.3, -0.25) is 10.1 Å². The molecule has 1 fully saturated rings. The van der Waals surface area contributed by atoms with Gasteiger partial charge in [0.25, 0.3) is 5.91 Å². The van der Waals surface area contributed by atoms with Gasteiger partial charge in [-0.25, -0.2) is 13.4 Å². The molecule has 0 bridgehead atoms. The second-order valence-electron chi connectivity index (χ2n) is 7.39. The number of rotatable bonds is 5. The lowest BCUT2D eigenvalue weighted by molar-refractivity contribution is 0.0730. The van der Waals surface area contributed by atoms with Crippen LogP contribution in [0.5, 0.6) is 0 Å². The van der Waals surface area contributed by atoms with Crippen LogP contribution in [0, 0.1) is 0 Å². The molecule has 1 N–H and O–H groups in total. The number of carbonyl (C=O) groups excluding carboxylic acids is 1. The number of amides is 1. The Balaban J connectivity index is 1.33. The predicted molar refractivity (Wildman–Crippen MR) is 137 cm³/mol. The molecule has 3 heterocycles. The molecule has 2 aromatic carbocycles. The number of sulfonamides is 1. The number of aromatic nitrogens is 1. The highest BCUT2D eigenvalue weighted by molar-refractivity contribution is 7.89. The van der Waals surface area contributed by atoms with Crippen molar-refractivity contribution in [1.29, 1.82) is 0 Å². The van der Waals surface area contributed by atoms with E-state index in [1.54, 1.807) is 35.7 Å². The third kappa shape index (κ3) is 4.47. The van der Waals surface area contributed by atoms with E-state index < -0.39 is 10.0 Å². The Bertz CT molecular complexity index is 1480. The minimum Gasteiger partial charge on any atom is -0.379 e. The van der Waals surface area contributed by atoms with Gasteiger partial charge >= 0.3 is 0 Å². The first-order valence-electron chi connectivity index (χ1n) is 10.2. The minimum atomic E-state index is -3.56. The van der Waals surface area contributed by atoms with Gasteiger partial charge in [0.15, 0.2) is 5.13 Å². The lowest BCUT2D eigenvalue weighted by atomic mass is 10.2. The fraction of sp³-hybridized carbons (Fsp3) is 0.182. The number of hydrogen-bond donors (Lipinski definition) is 1. The molecule has 0 radical (unpaired) electrons. The Hall–Kier alpha value is -2.05. The van der Waals surface area contributed by atoms with Crippen LogP contribution >= 0.6 is 45.9 Å². The highest BCUT2D eigenvalue weighted by Crippen LogP contribution is 2.40. The fourth-order valence-electron chi connectivity index (χ4n) is 3.57. The maximum Gasteiger partial charge on any atom is 0.269 e. The smallest absolute Gasteiger partial charge is 0.269 e. The summed E-state index contributed by atoms with van der Waals surface area (Å²) in [5.74, 6) is -0.366. The zero-order valence-electron chi connectivity index (χ0n) is 17.5. The van der Waals surface area contributed by atoms with Crippen molar-refractivity contribution in [3.63, 3.8) is 0 Å². The molecule has 1 saturated heterocycles. The summed E-state index contributed by atoms with van der Waals surface area (Å²) in [6.45, 7) is 1.47. The number of thiazole rings is 1. The van der Waals surface area contributed by atoms with Crippen LogP contribution in [0.2, 0.25) is 10.0 Å². The van der Waals surface area contributed by atoms with Crippen molar-refractivity contribution >= 4 is 77.0 Å². The number of benzene rings is 2. The summed E-state index contributed by atoms with van der Waals surface area (Å²) in [7, 11) is -3.56. The maximum absolute atomic E-state index is 12.8. The Morgan fingerprint density at radius 2 is 1.82 bits per heavy atom. The number of nitrogens with one attached hydrogen (secondary N) is 1. The Morgan fingerprint density at radius 1 is 1.09 bits per heavy atom. The summed E-state index contributed by atoms with van der Waals surface area (Å²) in [5.41, 5.74) is 1.37. The number of nitrogens with zero attached hydrogens (tertiary/aromatic N) is 2. The van der Waals surface area contributed by atoms with Crippen LogP contribution in [0.15, 0.2) is 52.7 Å².